The lowest BCUT2D eigenvalue weighted by Gasteiger charge is -2.00. The minimum Gasteiger partial charge on any atom is -0.256 e. The first-order valence-corrected chi connectivity index (χ1v) is 7.46. The van der Waals surface area contributed by atoms with Gasteiger partial charge < -0.3 is 0 Å². The normalized spacial score (nSPS) is 11.1. The molecular formula is C16H12N4S. The highest BCUT2D eigenvalue weighted by molar-refractivity contribution is 7.18. The van der Waals surface area contributed by atoms with Crippen LogP contribution in [-0.4, -0.2) is 20.4 Å². The third kappa shape index (κ3) is 2.11. The molecule has 0 atom stereocenters. The zero-order valence-electron chi connectivity index (χ0n) is 11.4. The fourth-order valence-electron chi connectivity index (χ4n) is 2.37. The Labute approximate surface area is 125 Å². The second kappa shape index (κ2) is 4.79. The number of pyridine rings is 1. The number of fused-ring (bicyclic) bond motifs is 1. The summed E-state index contributed by atoms with van der Waals surface area (Å²) in [5.74, 6) is 0. The molecule has 102 valence electrons. The average molecular weight is 292 g/mol. The maximum absolute atomic E-state index is 4.35. The number of nitrogens with one attached hydrogen (secondary N) is 1. The van der Waals surface area contributed by atoms with E-state index in [0.717, 1.165) is 27.2 Å². The van der Waals surface area contributed by atoms with E-state index in [9.17, 15) is 0 Å². The van der Waals surface area contributed by atoms with Crippen molar-refractivity contribution in [3.8, 4) is 21.0 Å². The summed E-state index contributed by atoms with van der Waals surface area (Å²) >= 11 is 1.72. The summed E-state index contributed by atoms with van der Waals surface area (Å²) < 4.78 is 0. The SMILES string of the molecule is Cc1n[nH]nc1-c1ccc(-c2ccc3ncccc3c2)s1. The molecule has 4 rings (SSSR count). The second-order valence-corrected chi connectivity index (χ2v) is 5.92. The Morgan fingerprint density at radius 3 is 2.76 bits per heavy atom. The third-order valence-corrected chi connectivity index (χ3v) is 4.59. The largest absolute Gasteiger partial charge is 0.256 e. The van der Waals surface area contributed by atoms with Crippen LogP contribution >= 0.6 is 11.3 Å². The third-order valence-electron chi connectivity index (χ3n) is 3.45. The summed E-state index contributed by atoms with van der Waals surface area (Å²) in [5, 5.41) is 12.1. The number of rotatable bonds is 2. The van der Waals surface area contributed by atoms with Crippen LogP contribution in [-0.2, 0) is 0 Å². The van der Waals surface area contributed by atoms with Gasteiger partial charge in [0.05, 0.1) is 16.1 Å². The van der Waals surface area contributed by atoms with E-state index in [4.69, 9.17) is 0 Å². The van der Waals surface area contributed by atoms with E-state index in [-0.39, 0.29) is 0 Å². The lowest BCUT2D eigenvalue weighted by molar-refractivity contribution is 0.930. The van der Waals surface area contributed by atoms with Crippen molar-refractivity contribution in [3.63, 3.8) is 0 Å². The number of H-pyrrole nitrogens is 1. The molecule has 3 aromatic heterocycles. The Hall–Kier alpha value is -2.53. The molecule has 0 aliphatic heterocycles. The fourth-order valence-corrected chi connectivity index (χ4v) is 3.41. The molecule has 3 heterocycles. The van der Waals surface area contributed by atoms with E-state index in [1.54, 1.807) is 11.3 Å². The van der Waals surface area contributed by atoms with Gasteiger partial charge in [-0.05, 0) is 42.8 Å². The first kappa shape index (κ1) is 12.2. The van der Waals surface area contributed by atoms with Gasteiger partial charge in [0, 0.05) is 16.5 Å². The predicted octanol–water partition coefficient (Wildman–Crippen LogP) is 4.06. The molecule has 0 saturated heterocycles. The van der Waals surface area contributed by atoms with Gasteiger partial charge in [0.2, 0.25) is 0 Å². The zero-order chi connectivity index (χ0) is 14.2. The van der Waals surface area contributed by atoms with Crippen LogP contribution in [0, 0.1) is 6.92 Å². The zero-order valence-corrected chi connectivity index (χ0v) is 12.2. The maximum Gasteiger partial charge on any atom is 0.125 e. The lowest BCUT2D eigenvalue weighted by atomic mass is 10.1. The van der Waals surface area contributed by atoms with Crippen LogP contribution in [0.3, 0.4) is 0 Å². The quantitative estimate of drug-likeness (QED) is 0.606. The lowest BCUT2D eigenvalue weighted by Crippen LogP contribution is -1.78. The fraction of sp³-hybridized carbons (Fsp3) is 0.0625. The van der Waals surface area contributed by atoms with E-state index < -0.39 is 0 Å². The van der Waals surface area contributed by atoms with Gasteiger partial charge in [-0.25, -0.2) is 0 Å². The number of benzene rings is 1. The van der Waals surface area contributed by atoms with Crippen LogP contribution in [0.4, 0.5) is 0 Å². The summed E-state index contributed by atoms with van der Waals surface area (Å²) in [6.07, 6.45) is 1.82. The molecule has 1 aromatic carbocycles. The molecule has 0 radical (unpaired) electrons. The predicted molar refractivity (Wildman–Crippen MR) is 85.2 cm³/mol. The van der Waals surface area contributed by atoms with Crippen molar-refractivity contribution in [1.82, 2.24) is 20.4 Å². The van der Waals surface area contributed by atoms with Crippen molar-refractivity contribution < 1.29 is 0 Å². The molecule has 0 fully saturated rings. The summed E-state index contributed by atoms with van der Waals surface area (Å²) in [6, 6.07) is 14.6. The van der Waals surface area contributed by atoms with Crippen molar-refractivity contribution in [1.29, 1.82) is 0 Å². The van der Waals surface area contributed by atoms with E-state index in [0.29, 0.717) is 0 Å². The standard InChI is InChI=1S/C16H12N4S/c1-10-16(19-20-18-10)15-7-6-14(21-15)12-4-5-13-11(9-12)3-2-8-17-13/h2-9H,1H3,(H,18,19,20). The number of thiophene rings is 1. The number of aromatic nitrogens is 4. The van der Waals surface area contributed by atoms with E-state index >= 15 is 0 Å². The van der Waals surface area contributed by atoms with Crippen LogP contribution < -0.4 is 0 Å². The monoisotopic (exact) mass is 292 g/mol. The molecule has 0 saturated carbocycles. The van der Waals surface area contributed by atoms with Crippen molar-refractivity contribution in [3.05, 3.63) is 54.4 Å². The number of nitrogens with zero attached hydrogens (tertiary/aromatic N) is 3. The minimum absolute atomic E-state index is 0.922. The Balaban J connectivity index is 1.79. The van der Waals surface area contributed by atoms with Gasteiger partial charge in [0.15, 0.2) is 0 Å². The molecule has 0 unspecified atom stereocenters. The Morgan fingerprint density at radius 2 is 1.90 bits per heavy atom. The average Bonchev–Trinajstić information content (AvgIpc) is 3.15. The highest BCUT2D eigenvalue weighted by Gasteiger charge is 2.10. The molecule has 4 nitrogen and oxygen atoms in total. The van der Waals surface area contributed by atoms with Crippen LogP contribution in [0.2, 0.25) is 0 Å². The van der Waals surface area contributed by atoms with E-state index in [1.165, 1.54) is 10.4 Å². The van der Waals surface area contributed by atoms with Crippen LogP contribution in [0.25, 0.3) is 31.9 Å². The van der Waals surface area contributed by atoms with Crippen LogP contribution in [0.1, 0.15) is 5.69 Å². The molecule has 0 bridgehead atoms. The molecule has 21 heavy (non-hydrogen) atoms. The molecular weight excluding hydrogens is 280 g/mol. The first-order chi connectivity index (χ1) is 10.3. The van der Waals surface area contributed by atoms with Gasteiger partial charge in [-0.3, -0.25) is 4.98 Å². The van der Waals surface area contributed by atoms with E-state index in [1.807, 2.05) is 19.2 Å². The summed E-state index contributed by atoms with van der Waals surface area (Å²) in [4.78, 5) is 6.70. The molecule has 0 aliphatic rings. The van der Waals surface area contributed by atoms with E-state index in [2.05, 4.69) is 56.8 Å². The van der Waals surface area contributed by atoms with Crippen molar-refractivity contribution >= 4 is 22.2 Å². The van der Waals surface area contributed by atoms with Gasteiger partial charge in [0.25, 0.3) is 0 Å². The van der Waals surface area contributed by atoms with Gasteiger partial charge in [0.1, 0.15) is 5.69 Å². The maximum atomic E-state index is 4.35. The highest BCUT2D eigenvalue weighted by Crippen LogP contribution is 2.35. The molecule has 5 heteroatoms. The Morgan fingerprint density at radius 1 is 1.00 bits per heavy atom. The summed E-state index contributed by atoms with van der Waals surface area (Å²) in [6.45, 7) is 1.96. The number of aryl methyl sites for hydroxylation is 1. The molecule has 0 amide bonds. The van der Waals surface area contributed by atoms with Gasteiger partial charge in [-0.15, -0.1) is 11.3 Å². The minimum atomic E-state index is 0.922. The molecule has 1 N–H and O–H groups in total. The second-order valence-electron chi connectivity index (χ2n) is 4.83. The van der Waals surface area contributed by atoms with Crippen LogP contribution in [0.5, 0.6) is 0 Å². The Kier molecular flexibility index (Phi) is 2.79. The molecule has 4 aromatic rings. The molecule has 0 aliphatic carbocycles. The van der Waals surface area contributed by atoms with Crippen LogP contribution in [0.15, 0.2) is 48.7 Å². The topological polar surface area (TPSA) is 54.5 Å². The highest BCUT2D eigenvalue weighted by atomic mass is 32.1. The summed E-state index contributed by atoms with van der Waals surface area (Å²) in [5.41, 5.74) is 4.07. The van der Waals surface area contributed by atoms with Gasteiger partial charge in [-0.2, -0.15) is 15.4 Å². The first-order valence-electron chi connectivity index (χ1n) is 6.64. The summed E-state index contributed by atoms with van der Waals surface area (Å²) in [7, 11) is 0. The number of hydrogen-bond acceptors (Lipinski definition) is 4. The van der Waals surface area contributed by atoms with Crippen molar-refractivity contribution in [2.45, 2.75) is 6.92 Å². The van der Waals surface area contributed by atoms with Crippen molar-refractivity contribution in [2.24, 2.45) is 0 Å². The van der Waals surface area contributed by atoms with Crippen molar-refractivity contribution in [2.75, 3.05) is 0 Å². The number of hydrogen-bond donors (Lipinski definition) is 1. The smallest absolute Gasteiger partial charge is 0.125 e. The molecule has 0 spiro atoms. The van der Waals surface area contributed by atoms with Gasteiger partial charge >= 0.3 is 0 Å². The Bertz CT molecular complexity index is 923. The number of aromatic amines is 1. The van der Waals surface area contributed by atoms with Gasteiger partial charge in [-0.1, -0.05) is 12.1 Å².